The first-order valence-electron chi connectivity index (χ1n) is 6.31. The van der Waals surface area contributed by atoms with E-state index in [1.54, 1.807) is 17.0 Å². The number of halogens is 1. The summed E-state index contributed by atoms with van der Waals surface area (Å²) in [5.74, 6) is -1.10. The summed E-state index contributed by atoms with van der Waals surface area (Å²) in [5, 5.41) is 8.61. The molecule has 0 spiro atoms. The summed E-state index contributed by atoms with van der Waals surface area (Å²) in [6.45, 7) is 0.832. The standard InChI is InChI=1S/C14H16FNO3/c15-12-3-1-10(2-4-12)11-5-7-16(13(17)9-11)8-6-14(18)19/h1-4,11H,5-9H2,(H,18,19). The molecule has 0 bridgehead atoms. The third kappa shape index (κ3) is 3.53. The van der Waals surface area contributed by atoms with Crippen molar-refractivity contribution in [1.29, 1.82) is 0 Å². The molecule has 19 heavy (non-hydrogen) atoms. The van der Waals surface area contributed by atoms with E-state index in [9.17, 15) is 14.0 Å². The highest BCUT2D eigenvalue weighted by atomic mass is 19.1. The Morgan fingerprint density at radius 2 is 2.05 bits per heavy atom. The molecule has 1 unspecified atom stereocenters. The second kappa shape index (κ2) is 5.82. The van der Waals surface area contributed by atoms with Gasteiger partial charge in [-0.15, -0.1) is 0 Å². The third-order valence-electron chi connectivity index (χ3n) is 3.46. The zero-order valence-electron chi connectivity index (χ0n) is 10.5. The Labute approximate surface area is 110 Å². The van der Waals surface area contributed by atoms with Gasteiger partial charge in [0.15, 0.2) is 0 Å². The summed E-state index contributed by atoms with van der Waals surface area (Å²) in [6.07, 6.45) is 1.13. The van der Waals surface area contributed by atoms with Crippen molar-refractivity contribution in [3.8, 4) is 0 Å². The summed E-state index contributed by atoms with van der Waals surface area (Å²) in [6, 6.07) is 6.22. The van der Waals surface area contributed by atoms with Gasteiger partial charge in [-0.2, -0.15) is 0 Å². The number of piperidine rings is 1. The summed E-state index contributed by atoms with van der Waals surface area (Å²) < 4.78 is 12.8. The Morgan fingerprint density at radius 1 is 1.37 bits per heavy atom. The van der Waals surface area contributed by atoms with Gasteiger partial charge in [-0.1, -0.05) is 12.1 Å². The first kappa shape index (κ1) is 13.5. The van der Waals surface area contributed by atoms with Gasteiger partial charge in [0.1, 0.15) is 5.82 Å². The van der Waals surface area contributed by atoms with Crippen LogP contribution in [0.2, 0.25) is 0 Å². The number of hydrogen-bond acceptors (Lipinski definition) is 2. The molecule has 1 fully saturated rings. The predicted molar refractivity (Wildman–Crippen MR) is 67.2 cm³/mol. The molecule has 1 atom stereocenters. The van der Waals surface area contributed by atoms with E-state index in [1.165, 1.54) is 12.1 Å². The number of carboxylic acid groups (broad SMARTS) is 1. The lowest BCUT2D eigenvalue weighted by atomic mass is 9.89. The molecule has 0 saturated carbocycles. The van der Waals surface area contributed by atoms with Crippen molar-refractivity contribution in [1.82, 2.24) is 4.90 Å². The maximum absolute atomic E-state index is 12.8. The van der Waals surface area contributed by atoms with E-state index in [-0.39, 0.29) is 30.6 Å². The Hall–Kier alpha value is -1.91. The van der Waals surface area contributed by atoms with Gasteiger partial charge in [-0.25, -0.2) is 4.39 Å². The molecule has 1 amide bonds. The minimum atomic E-state index is -0.895. The molecule has 1 aromatic rings. The number of rotatable bonds is 4. The number of carbonyl (C=O) groups excluding carboxylic acids is 1. The average Bonchev–Trinajstić information content (AvgIpc) is 2.38. The SMILES string of the molecule is O=C(O)CCN1CCC(c2ccc(F)cc2)CC1=O. The van der Waals surface area contributed by atoms with Gasteiger partial charge in [0.2, 0.25) is 5.91 Å². The van der Waals surface area contributed by atoms with Crippen LogP contribution in [0.25, 0.3) is 0 Å². The molecule has 0 aliphatic carbocycles. The molecular weight excluding hydrogens is 249 g/mol. The average molecular weight is 265 g/mol. The zero-order chi connectivity index (χ0) is 13.8. The molecule has 1 N–H and O–H groups in total. The van der Waals surface area contributed by atoms with Gasteiger partial charge in [0.25, 0.3) is 0 Å². The second-order valence-corrected chi connectivity index (χ2v) is 4.77. The third-order valence-corrected chi connectivity index (χ3v) is 3.46. The van der Waals surface area contributed by atoms with E-state index in [2.05, 4.69) is 0 Å². The van der Waals surface area contributed by atoms with Gasteiger partial charge >= 0.3 is 5.97 Å². The van der Waals surface area contributed by atoms with E-state index in [1.807, 2.05) is 0 Å². The van der Waals surface area contributed by atoms with Crippen molar-refractivity contribution in [2.45, 2.75) is 25.2 Å². The van der Waals surface area contributed by atoms with E-state index >= 15 is 0 Å². The monoisotopic (exact) mass is 265 g/mol. The van der Waals surface area contributed by atoms with E-state index in [0.29, 0.717) is 13.0 Å². The lowest BCUT2D eigenvalue weighted by Gasteiger charge is -2.31. The fourth-order valence-electron chi connectivity index (χ4n) is 2.36. The first-order valence-corrected chi connectivity index (χ1v) is 6.31. The highest BCUT2D eigenvalue weighted by Crippen LogP contribution is 2.28. The van der Waals surface area contributed by atoms with Gasteiger partial charge < -0.3 is 10.0 Å². The van der Waals surface area contributed by atoms with Crippen molar-refractivity contribution >= 4 is 11.9 Å². The van der Waals surface area contributed by atoms with Crippen molar-refractivity contribution < 1.29 is 19.1 Å². The van der Waals surface area contributed by atoms with Crippen molar-refractivity contribution in [2.24, 2.45) is 0 Å². The van der Waals surface area contributed by atoms with Crippen LogP contribution in [-0.2, 0) is 9.59 Å². The Kier molecular flexibility index (Phi) is 4.14. The van der Waals surface area contributed by atoms with Crippen LogP contribution in [0.15, 0.2) is 24.3 Å². The maximum Gasteiger partial charge on any atom is 0.305 e. The number of nitrogens with zero attached hydrogens (tertiary/aromatic N) is 1. The van der Waals surface area contributed by atoms with Crippen LogP contribution in [-0.4, -0.2) is 35.0 Å². The minimum absolute atomic E-state index is 0.0209. The van der Waals surface area contributed by atoms with Crippen LogP contribution in [0.1, 0.15) is 30.7 Å². The van der Waals surface area contributed by atoms with Crippen LogP contribution < -0.4 is 0 Å². The van der Waals surface area contributed by atoms with Crippen molar-refractivity contribution in [2.75, 3.05) is 13.1 Å². The second-order valence-electron chi connectivity index (χ2n) is 4.77. The van der Waals surface area contributed by atoms with E-state index in [0.717, 1.165) is 12.0 Å². The van der Waals surface area contributed by atoms with Gasteiger partial charge in [0, 0.05) is 19.5 Å². The van der Waals surface area contributed by atoms with Crippen LogP contribution >= 0.6 is 0 Å². The number of amides is 1. The summed E-state index contributed by atoms with van der Waals surface area (Å²) >= 11 is 0. The number of carbonyl (C=O) groups is 2. The van der Waals surface area contributed by atoms with Gasteiger partial charge in [-0.3, -0.25) is 9.59 Å². The topological polar surface area (TPSA) is 57.6 Å². The normalized spacial score (nSPS) is 19.5. The maximum atomic E-state index is 12.8. The van der Waals surface area contributed by atoms with E-state index in [4.69, 9.17) is 5.11 Å². The number of likely N-dealkylation sites (tertiary alicyclic amines) is 1. The minimum Gasteiger partial charge on any atom is -0.481 e. The molecule has 102 valence electrons. The number of carboxylic acids is 1. The van der Waals surface area contributed by atoms with Crippen LogP contribution in [0.5, 0.6) is 0 Å². The molecular formula is C14H16FNO3. The summed E-state index contributed by atoms with van der Waals surface area (Å²) in [5.41, 5.74) is 0.965. The molecule has 1 saturated heterocycles. The fourth-order valence-corrected chi connectivity index (χ4v) is 2.36. The fraction of sp³-hybridized carbons (Fsp3) is 0.429. The lowest BCUT2D eigenvalue weighted by molar-refractivity contribution is -0.139. The molecule has 1 aliphatic heterocycles. The first-order chi connectivity index (χ1) is 9.06. The molecule has 1 aromatic carbocycles. The predicted octanol–water partition coefficient (Wildman–Crippen LogP) is 2.01. The number of hydrogen-bond donors (Lipinski definition) is 1. The highest BCUT2D eigenvalue weighted by molar-refractivity contribution is 5.78. The van der Waals surface area contributed by atoms with Gasteiger partial charge in [0.05, 0.1) is 6.42 Å². The summed E-state index contributed by atoms with van der Waals surface area (Å²) in [7, 11) is 0. The van der Waals surface area contributed by atoms with Crippen LogP contribution in [0, 0.1) is 5.82 Å². The molecule has 2 rings (SSSR count). The Balaban J connectivity index is 1.94. The van der Waals surface area contributed by atoms with Crippen LogP contribution in [0.3, 0.4) is 0 Å². The van der Waals surface area contributed by atoms with Crippen LogP contribution in [0.4, 0.5) is 4.39 Å². The lowest BCUT2D eigenvalue weighted by Crippen LogP contribution is -2.39. The Morgan fingerprint density at radius 3 is 2.63 bits per heavy atom. The molecule has 5 heteroatoms. The highest BCUT2D eigenvalue weighted by Gasteiger charge is 2.26. The summed E-state index contributed by atoms with van der Waals surface area (Å²) in [4.78, 5) is 24.0. The quantitative estimate of drug-likeness (QED) is 0.906. The molecule has 0 aromatic heterocycles. The molecule has 1 aliphatic rings. The largest absolute Gasteiger partial charge is 0.481 e. The smallest absolute Gasteiger partial charge is 0.305 e. The zero-order valence-corrected chi connectivity index (χ0v) is 10.5. The molecule has 1 heterocycles. The molecule has 0 radical (unpaired) electrons. The van der Waals surface area contributed by atoms with E-state index < -0.39 is 5.97 Å². The molecule has 4 nitrogen and oxygen atoms in total. The number of benzene rings is 1. The van der Waals surface area contributed by atoms with Gasteiger partial charge in [-0.05, 0) is 30.0 Å². The Bertz CT molecular complexity index is 472. The van der Waals surface area contributed by atoms with Crippen molar-refractivity contribution in [3.63, 3.8) is 0 Å². The van der Waals surface area contributed by atoms with Crippen molar-refractivity contribution in [3.05, 3.63) is 35.6 Å². The number of aliphatic carboxylic acids is 1.